The molecule has 1 aromatic carbocycles. The zero-order valence-electron chi connectivity index (χ0n) is 13.5. The maximum atomic E-state index is 12.4. The van der Waals surface area contributed by atoms with E-state index in [1.165, 1.54) is 0 Å². The van der Waals surface area contributed by atoms with Gasteiger partial charge in [0.2, 0.25) is 11.8 Å². The zero-order valence-corrected chi connectivity index (χ0v) is 13.5. The largest absolute Gasteiger partial charge is 0.441 e. The van der Waals surface area contributed by atoms with E-state index in [1.54, 1.807) is 32.0 Å². The Bertz CT molecular complexity index is 850. The lowest BCUT2D eigenvalue weighted by molar-refractivity contribution is 0.0933. The van der Waals surface area contributed by atoms with Crippen LogP contribution in [0.25, 0.3) is 11.1 Å². The number of hydrogen-bond acceptors (Lipinski definition) is 6. The fourth-order valence-corrected chi connectivity index (χ4v) is 2.18. The third-order valence-corrected chi connectivity index (χ3v) is 3.43. The number of carbonyl (C=O) groups is 1. The molecule has 0 aliphatic heterocycles. The summed E-state index contributed by atoms with van der Waals surface area (Å²) in [6, 6.07) is 4.76. The van der Waals surface area contributed by atoms with Gasteiger partial charge in [0.05, 0.1) is 0 Å². The zero-order chi connectivity index (χ0) is 16.6. The van der Waals surface area contributed by atoms with Gasteiger partial charge in [0.15, 0.2) is 11.5 Å². The van der Waals surface area contributed by atoms with E-state index in [1.807, 2.05) is 13.8 Å². The summed E-state index contributed by atoms with van der Waals surface area (Å²) in [5, 5.41) is 10.8. The number of aromatic nitrogens is 3. The molecule has 7 nitrogen and oxygen atoms in total. The van der Waals surface area contributed by atoms with Crippen molar-refractivity contribution in [2.45, 2.75) is 39.7 Å². The van der Waals surface area contributed by atoms with Crippen LogP contribution in [0.3, 0.4) is 0 Å². The van der Waals surface area contributed by atoms with E-state index in [0.29, 0.717) is 28.8 Å². The van der Waals surface area contributed by atoms with Gasteiger partial charge in [-0.15, -0.1) is 10.2 Å². The number of amides is 1. The predicted molar refractivity (Wildman–Crippen MR) is 83.0 cm³/mol. The Kier molecular flexibility index (Phi) is 3.85. The Hall–Kier alpha value is -2.70. The number of fused-ring (bicyclic) bond motifs is 1. The number of hydrogen-bond donors (Lipinski definition) is 1. The SMILES string of the molecule is Cc1nc2ccc(C(=O)NC(C)c3nnc(C(C)C)o3)cc2o1. The minimum atomic E-state index is -0.380. The molecular formula is C16H18N4O3. The third kappa shape index (κ3) is 3.08. The summed E-state index contributed by atoms with van der Waals surface area (Å²) in [5.74, 6) is 1.42. The van der Waals surface area contributed by atoms with Crippen molar-refractivity contribution in [1.82, 2.24) is 20.5 Å². The van der Waals surface area contributed by atoms with Crippen LogP contribution in [0.4, 0.5) is 0 Å². The van der Waals surface area contributed by atoms with Crippen molar-refractivity contribution in [3.05, 3.63) is 41.4 Å². The number of nitrogens with zero attached hydrogens (tertiary/aromatic N) is 3. The molecule has 7 heteroatoms. The highest BCUT2D eigenvalue weighted by molar-refractivity contribution is 5.97. The Balaban J connectivity index is 1.76. The maximum Gasteiger partial charge on any atom is 0.252 e. The number of rotatable bonds is 4. The Labute approximate surface area is 133 Å². The monoisotopic (exact) mass is 314 g/mol. The van der Waals surface area contributed by atoms with E-state index in [0.717, 1.165) is 5.52 Å². The van der Waals surface area contributed by atoms with Gasteiger partial charge in [0.1, 0.15) is 11.6 Å². The highest BCUT2D eigenvalue weighted by Crippen LogP contribution is 2.19. The van der Waals surface area contributed by atoms with Crippen LogP contribution in [-0.2, 0) is 0 Å². The standard InChI is InChI=1S/C16H18N4O3/c1-8(2)15-19-20-16(23-15)9(3)17-14(21)11-5-6-12-13(7-11)22-10(4)18-12/h5-9H,1-4H3,(H,17,21). The molecule has 0 saturated heterocycles. The average Bonchev–Trinajstić information content (AvgIpc) is 3.11. The van der Waals surface area contributed by atoms with E-state index in [2.05, 4.69) is 20.5 Å². The summed E-state index contributed by atoms with van der Waals surface area (Å²) >= 11 is 0. The quantitative estimate of drug-likeness (QED) is 0.795. The van der Waals surface area contributed by atoms with Crippen LogP contribution in [0.5, 0.6) is 0 Å². The van der Waals surface area contributed by atoms with E-state index in [9.17, 15) is 4.79 Å². The fraction of sp³-hybridized carbons (Fsp3) is 0.375. The smallest absolute Gasteiger partial charge is 0.252 e. The minimum absolute atomic E-state index is 0.149. The number of aryl methyl sites for hydroxylation is 1. The molecule has 0 fully saturated rings. The predicted octanol–water partition coefficient (Wildman–Crippen LogP) is 3.13. The maximum absolute atomic E-state index is 12.4. The summed E-state index contributed by atoms with van der Waals surface area (Å²) in [5.41, 5.74) is 1.80. The van der Waals surface area contributed by atoms with E-state index in [-0.39, 0.29) is 17.9 Å². The fourth-order valence-electron chi connectivity index (χ4n) is 2.18. The first-order valence-electron chi connectivity index (χ1n) is 7.45. The summed E-state index contributed by atoms with van der Waals surface area (Å²) in [6.45, 7) is 7.50. The van der Waals surface area contributed by atoms with Gasteiger partial charge in [-0.2, -0.15) is 0 Å². The second-order valence-electron chi connectivity index (χ2n) is 5.74. The van der Waals surface area contributed by atoms with Crippen LogP contribution >= 0.6 is 0 Å². The van der Waals surface area contributed by atoms with Crippen molar-refractivity contribution in [2.75, 3.05) is 0 Å². The van der Waals surface area contributed by atoms with Crippen LogP contribution < -0.4 is 5.32 Å². The van der Waals surface area contributed by atoms with Gasteiger partial charge in [-0.05, 0) is 25.1 Å². The van der Waals surface area contributed by atoms with Crippen molar-refractivity contribution in [3.8, 4) is 0 Å². The van der Waals surface area contributed by atoms with E-state index in [4.69, 9.17) is 8.83 Å². The topological polar surface area (TPSA) is 94.1 Å². The van der Waals surface area contributed by atoms with Crippen molar-refractivity contribution < 1.29 is 13.6 Å². The lowest BCUT2D eigenvalue weighted by Gasteiger charge is -2.09. The van der Waals surface area contributed by atoms with E-state index < -0.39 is 0 Å². The summed E-state index contributed by atoms with van der Waals surface area (Å²) in [7, 11) is 0. The Morgan fingerprint density at radius 1 is 1.13 bits per heavy atom. The van der Waals surface area contributed by atoms with Crippen LogP contribution in [0.15, 0.2) is 27.0 Å². The molecule has 3 aromatic rings. The van der Waals surface area contributed by atoms with Crippen LogP contribution in [0.2, 0.25) is 0 Å². The molecular weight excluding hydrogens is 296 g/mol. The van der Waals surface area contributed by atoms with Gasteiger partial charge in [-0.25, -0.2) is 4.98 Å². The van der Waals surface area contributed by atoms with Gasteiger partial charge in [0, 0.05) is 18.4 Å². The first-order chi connectivity index (χ1) is 10.9. The van der Waals surface area contributed by atoms with Crippen molar-refractivity contribution in [1.29, 1.82) is 0 Å². The summed E-state index contributed by atoms with van der Waals surface area (Å²) < 4.78 is 11.0. The molecule has 120 valence electrons. The Morgan fingerprint density at radius 3 is 2.57 bits per heavy atom. The van der Waals surface area contributed by atoms with Crippen molar-refractivity contribution in [3.63, 3.8) is 0 Å². The molecule has 0 spiro atoms. The minimum Gasteiger partial charge on any atom is -0.441 e. The average molecular weight is 314 g/mol. The van der Waals surface area contributed by atoms with Crippen molar-refractivity contribution >= 4 is 17.0 Å². The van der Waals surface area contributed by atoms with Crippen LogP contribution in [0, 0.1) is 6.92 Å². The summed E-state index contributed by atoms with van der Waals surface area (Å²) in [4.78, 5) is 16.6. The van der Waals surface area contributed by atoms with Crippen molar-refractivity contribution in [2.24, 2.45) is 0 Å². The molecule has 0 bridgehead atoms. The number of oxazole rings is 1. The highest BCUT2D eigenvalue weighted by atomic mass is 16.4. The molecule has 2 heterocycles. The molecule has 2 aromatic heterocycles. The molecule has 0 saturated carbocycles. The lowest BCUT2D eigenvalue weighted by atomic mass is 10.2. The van der Waals surface area contributed by atoms with Gasteiger partial charge < -0.3 is 14.2 Å². The normalized spacial score (nSPS) is 12.7. The molecule has 0 radical (unpaired) electrons. The molecule has 1 unspecified atom stereocenters. The highest BCUT2D eigenvalue weighted by Gasteiger charge is 2.19. The second kappa shape index (κ2) is 5.83. The molecule has 1 atom stereocenters. The molecule has 0 aliphatic rings. The van der Waals surface area contributed by atoms with Gasteiger partial charge in [-0.1, -0.05) is 13.8 Å². The molecule has 1 N–H and O–H groups in total. The number of benzene rings is 1. The van der Waals surface area contributed by atoms with Gasteiger partial charge >= 0.3 is 0 Å². The second-order valence-corrected chi connectivity index (χ2v) is 5.74. The molecule has 23 heavy (non-hydrogen) atoms. The van der Waals surface area contributed by atoms with Gasteiger partial charge in [-0.3, -0.25) is 4.79 Å². The summed E-state index contributed by atoms with van der Waals surface area (Å²) in [6.07, 6.45) is 0. The molecule has 3 rings (SSSR count). The van der Waals surface area contributed by atoms with Gasteiger partial charge in [0.25, 0.3) is 5.91 Å². The van der Waals surface area contributed by atoms with Crippen LogP contribution in [0.1, 0.15) is 60.8 Å². The lowest BCUT2D eigenvalue weighted by Crippen LogP contribution is -2.26. The number of carbonyl (C=O) groups excluding carboxylic acids is 1. The first-order valence-corrected chi connectivity index (χ1v) is 7.45. The third-order valence-electron chi connectivity index (χ3n) is 3.43. The Morgan fingerprint density at radius 2 is 1.87 bits per heavy atom. The molecule has 0 aliphatic carbocycles. The number of nitrogens with one attached hydrogen (secondary N) is 1. The van der Waals surface area contributed by atoms with Crippen LogP contribution in [-0.4, -0.2) is 21.1 Å². The first kappa shape index (κ1) is 15.2. The molecule has 1 amide bonds. The van der Waals surface area contributed by atoms with E-state index >= 15 is 0 Å².